The summed E-state index contributed by atoms with van der Waals surface area (Å²) in [5.41, 5.74) is 0. The largest absolute Gasteiger partial charge is 0.190 e. The van der Waals surface area contributed by atoms with Crippen LogP contribution in [0.3, 0.4) is 0 Å². The van der Waals surface area contributed by atoms with Crippen LogP contribution in [0.5, 0.6) is 0 Å². The average molecular weight is 398 g/mol. The fourth-order valence-corrected chi connectivity index (χ4v) is 1.16. The average Bonchev–Trinajstić information content (AvgIpc) is 1.57. The Morgan fingerprint density at radius 3 is 1.40 bits per heavy atom. The van der Waals surface area contributed by atoms with Crippen LogP contribution in [0.25, 0.3) is 0 Å². The van der Waals surface area contributed by atoms with Gasteiger partial charge < -0.3 is 0 Å². The maximum Gasteiger partial charge on any atom is 0.190 e. The van der Waals surface area contributed by atoms with E-state index in [2.05, 4.69) is 47.8 Å². The lowest BCUT2D eigenvalue weighted by Crippen LogP contribution is -2.08. The third-order valence-corrected chi connectivity index (χ3v) is 2.45. The molecule has 0 heterocycles. The van der Waals surface area contributed by atoms with E-state index in [1.165, 1.54) is 0 Å². The molecule has 62 valence electrons. The fraction of sp³-hybridized carbons (Fsp3) is 1.00. The number of rotatable bonds is 1. The fourth-order valence-electron chi connectivity index (χ4n) is 0.283. The van der Waals surface area contributed by atoms with E-state index in [0.717, 1.165) is 0 Å². The first kappa shape index (κ1) is 12.3. The smallest absolute Gasteiger partial charge is 0.0837 e. The van der Waals surface area contributed by atoms with Gasteiger partial charge in [0.2, 0.25) is 0 Å². The summed E-state index contributed by atoms with van der Waals surface area (Å²) in [7, 11) is 0. The zero-order chi connectivity index (χ0) is 8.41. The summed E-state index contributed by atoms with van der Waals surface area (Å²) >= 11 is 26.4. The quantitative estimate of drug-likeness (QED) is 0.547. The number of alkyl halides is 6. The molecule has 0 aliphatic heterocycles. The Labute approximate surface area is 100 Å². The molecule has 0 nitrogen and oxygen atoms in total. The lowest BCUT2D eigenvalue weighted by Gasteiger charge is -2.15. The maximum absolute atomic E-state index is 5.51. The molecule has 10 heavy (non-hydrogen) atoms. The predicted molar refractivity (Wildman–Crippen MR) is 59.0 cm³/mol. The highest BCUT2D eigenvalue weighted by molar-refractivity contribution is 9.39. The van der Waals surface area contributed by atoms with Gasteiger partial charge in [-0.3, -0.25) is 0 Å². The Morgan fingerprint density at radius 1 is 0.900 bits per heavy atom. The minimum absolute atomic E-state index is 0.309. The Kier molecular flexibility index (Phi) is 5.56. The van der Waals surface area contributed by atoms with Crippen LogP contribution in [0.2, 0.25) is 0 Å². The molecule has 0 aromatic heterocycles. The molecule has 0 aromatic carbocycles. The first-order valence-corrected chi connectivity index (χ1v) is 5.85. The molecule has 0 rings (SSSR count). The molecule has 0 atom stereocenters. The molecular weight excluding hydrogens is 394 g/mol. The Hall–Kier alpha value is 2.31. The van der Waals surface area contributed by atoms with Crippen molar-refractivity contribution in [1.29, 1.82) is 0 Å². The summed E-state index contributed by atoms with van der Waals surface area (Å²) in [6.45, 7) is 0. The van der Waals surface area contributed by atoms with Crippen molar-refractivity contribution in [2.45, 2.75) is 18.8 Å². The maximum atomic E-state index is 5.51. The van der Waals surface area contributed by atoms with Gasteiger partial charge in [-0.05, 0) is 12.8 Å². The van der Waals surface area contributed by atoms with E-state index < -0.39 is 3.79 Å². The van der Waals surface area contributed by atoms with E-state index in [0.29, 0.717) is 12.8 Å². The standard InChI is InChI=1S/C4H4Br3Cl3/c5-3(6,7)1-2-4(8,9)10/h1-2H2. The summed E-state index contributed by atoms with van der Waals surface area (Å²) in [6.07, 6.45) is 1.17. The van der Waals surface area contributed by atoms with E-state index in [1.54, 1.807) is 0 Å². The zero-order valence-electron chi connectivity index (χ0n) is 4.68. The van der Waals surface area contributed by atoms with Crippen molar-refractivity contribution >= 4 is 82.6 Å². The van der Waals surface area contributed by atoms with Crippen molar-refractivity contribution < 1.29 is 0 Å². The third-order valence-electron chi connectivity index (χ3n) is 0.692. The van der Waals surface area contributed by atoms with Crippen LogP contribution in [0.4, 0.5) is 0 Å². The highest BCUT2D eigenvalue weighted by Gasteiger charge is 2.26. The predicted octanol–water partition coefficient (Wildman–Crippen LogP) is 4.98. The molecule has 0 amide bonds. The minimum atomic E-state index is -1.17. The van der Waals surface area contributed by atoms with Crippen molar-refractivity contribution in [2.24, 2.45) is 0 Å². The van der Waals surface area contributed by atoms with Gasteiger partial charge in [-0.1, -0.05) is 82.6 Å². The molecule has 0 bridgehead atoms. The minimum Gasteiger partial charge on any atom is -0.0837 e. The van der Waals surface area contributed by atoms with Crippen LogP contribution in [-0.4, -0.2) is 5.94 Å². The van der Waals surface area contributed by atoms with Crippen LogP contribution >= 0.6 is 82.6 Å². The molecule has 0 aliphatic carbocycles. The number of hydrogen-bond acceptors (Lipinski definition) is 0. The van der Waals surface area contributed by atoms with Gasteiger partial charge >= 0.3 is 0 Å². The number of hydrogen-bond donors (Lipinski definition) is 0. The molecule has 0 saturated heterocycles. The molecule has 0 unspecified atom stereocenters. The van der Waals surface area contributed by atoms with E-state index in [-0.39, 0.29) is 2.14 Å². The second-order valence-corrected chi connectivity index (χ2v) is 11.5. The highest BCUT2D eigenvalue weighted by Crippen LogP contribution is 2.42. The van der Waals surface area contributed by atoms with Crippen LogP contribution < -0.4 is 0 Å². The van der Waals surface area contributed by atoms with Crippen LogP contribution in [0.1, 0.15) is 12.8 Å². The van der Waals surface area contributed by atoms with E-state index in [4.69, 9.17) is 34.8 Å². The van der Waals surface area contributed by atoms with E-state index in [9.17, 15) is 0 Å². The molecular formula is C4H4Br3Cl3. The molecule has 0 fully saturated rings. The second-order valence-electron chi connectivity index (χ2n) is 1.73. The Bertz CT molecular complexity index is 89.3. The van der Waals surface area contributed by atoms with Crippen molar-refractivity contribution in [2.75, 3.05) is 0 Å². The number of halogens is 6. The van der Waals surface area contributed by atoms with Crippen LogP contribution in [-0.2, 0) is 0 Å². The van der Waals surface area contributed by atoms with Crippen molar-refractivity contribution in [1.82, 2.24) is 0 Å². The van der Waals surface area contributed by atoms with Crippen molar-refractivity contribution in [3.05, 3.63) is 0 Å². The van der Waals surface area contributed by atoms with Gasteiger partial charge in [-0.25, -0.2) is 0 Å². The van der Waals surface area contributed by atoms with E-state index in [1.807, 2.05) is 0 Å². The summed E-state index contributed by atoms with van der Waals surface area (Å²) in [6, 6.07) is 0. The van der Waals surface area contributed by atoms with Gasteiger partial charge in [-0.15, -0.1) is 0 Å². The summed E-state index contributed by atoms with van der Waals surface area (Å²) in [5, 5.41) is 0. The lowest BCUT2D eigenvalue weighted by atomic mass is 10.4. The molecule has 0 aliphatic rings. The monoisotopic (exact) mass is 394 g/mol. The van der Waals surface area contributed by atoms with Gasteiger partial charge in [0.25, 0.3) is 0 Å². The zero-order valence-corrected chi connectivity index (χ0v) is 11.7. The molecule has 0 spiro atoms. The normalized spacial score (nSPS) is 13.8. The van der Waals surface area contributed by atoms with Gasteiger partial charge in [0, 0.05) is 0 Å². The molecule has 0 aromatic rings. The van der Waals surface area contributed by atoms with Crippen LogP contribution in [0, 0.1) is 0 Å². The van der Waals surface area contributed by atoms with E-state index >= 15 is 0 Å². The van der Waals surface area contributed by atoms with Gasteiger partial charge in [-0.2, -0.15) is 0 Å². The molecule has 0 saturated carbocycles. The summed E-state index contributed by atoms with van der Waals surface area (Å²) < 4.78 is -1.47. The first-order chi connectivity index (χ1) is 4.21. The van der Waals surface area contributed by atoms with Gasteiger partial charge in [0.15, 0.2) is 3.79 Å². The highest BCUT2D eigenvalue weighted by atomic mass is 80.0. The first-order valence-electron chi connectivity index (χ1n) is 2.34. The summed E-state index contributed by atoms with van der Waals surface area (Å²) in [5.74, 6) is 0. The molecule has 6 heteroatoms. The topological polar surface area (TPSA) is 0 Å². The van der Waals surface area contributed by atoms with Gasteiger partial charge in [0.05, 0.1) is 0 Å². The third kappa shape index (κ3) is 10.3. The van der Waals surface area contributed by atoms with Crippen molar-refractivity contribution in [3.8, 4) is 0 Å². The molecule has 0 radical (unpaired) electrons. The van der Waals surface area contributed by atoms with Crippen LogP contribution in [0.15, 0.2) is 0 Å². The summed E-state index contributed by atoms with van der Waals surface area (Å²) in [4.78, 5) is 0. The SMILES string of the molecule is ClC(Cl)(Cl)CCC(Br)(Br)Br. The molecule has 0 N–H and O–H groups in total. The second kappa shape index (κ2) is 4.52. The van der Waals surface area contributed by atoms with Gasteiger partial charge in [0.1, 0.15) is 2.14 Å². The van der Waals surface area contributed by atoms with Crippen molar-refractivity contribution in [3.63, 3.8) is 0 Å². The lowest BCUT2D eigenvalue weighted by molar-refractivity contribution is 0.806. The Balaban J connectivity index is 3.56. The Morgan fingerprint density at radius 2 is 1.30 bits per heavy atom.